The maximum Gasteiger partial charge on any atom is 0.0385 e. The predicted octanol–water partition coefficient (Wildman–Crippen LogP) is 5.05. The first-order chi connectivity index (χ1) is 9.58. The van der Waals surface area contributed by atoms with Crippen LogP contribution in [0, 0.1) is 0 Å². The van der Waals surface area contributed by atoms with Crippen LogP contribution in [0.2, 0.25) is 0 Å². The normalized spacial score (nSPS) is 10.9. The van der Waals surface area contributed by atoms with Gasteiger partial charge in [0.1, 0.15) is 0 Å². The molecule has 0 unspecified atom stereocenters. The molecule has 0 saturated heterocycles. The summed E-state index contributed by atoms with van der Waals surface area (Å²) in [5.41, 5.74) is 3.51. The van der Waals surface area contributed by atoms with Gasteiger partial charge in [-0.25, -0.2) is 0 Å². The van der Waals surface area contributed by atoms with Crippen molar-refractivity contribution in [2.45, 2.75) is 39.8 Å². The number of rotatable bonds is 5. The standard InChI is InChI=1S/C18H24N2/c1-14(2)20(15(3)4)18-12-10-17(11-13-18)19-16-8-6-5-7-9-16/h5-15,19H,1-4H3. The molecule has 20 heavy (non-hydrogen) atoms. The van der Waals surface area contributed by atoms with E-state index in [1.807, 2.05) is 18.2 Å². The third kappa shape index (κ3) is 3.53. The van der Waals surface area contributed by atoms with Gasteiger partial charge in [-0.2, -0.15) is 0 Å². The summed E-state index contributed by atoms with van der Waals surface area (Å²) in [7, 11) is 0. The highest BCUT2D eigenvalue weighted by Crippen LogP contribution is 2.24. The van der Waals surface area contributed by atoms with Gasteiger partial charge in [0.15, 0.2) is 0 Å². The molecule has 0 radical (unpaired) electrons. The predicted molar refractivity (Wildman–Crippen MR) is 88.9 cm³/mol. The van der Waals surface area contributed by atoms with Gasteiger partial charge in [-0.05, 0) is 64.1 Å². The summed E-state index contributed by atoms with van der Waals surface area (Å²) in [6, 6.07) is 19.9. The van der Waals surface area contributed by atoms with Crippen LogP contribution in [0.1, 0.15) is 27.7 Å². The maximum atomic E-state index is 3.41. The minimum atomic E-state index is 0.503. The van der Waals surface area contributed by atoms with Crippen molar-refractivity contribution in [3.8, 4) is 0 Å². The molecule has 2 aromatic carbocycles. The smallest absolute Gasteiger partial charge is 0.0385 e. The molecule has 0 aliphatic rings. The van der Waals surface area contributed by atoms with Gasteiger partial charge in [-0.15, -0.1) is 0 Å². The van der Waals surface area contributed by atoms with E-state index in [0.717, 1.165) is 11.4 Å². The molecule has 0 amide bonds. The summed E-state index contributed by atoms with van der Waals surface area (Å²) in [4.78, 5) is 2.42. The second-order valence-corrected chi connectivity index (χ2v) is 5.63. The van der Waals surface area contributed by atoms with Gasteiger partial charge in [0.25, 0.3) is 0 Å². The minimum Gasteiger partial charge on any atom is -0.367 e. The molecular formula is C18H24N2. The number of hydrogen-bond acceptors (Lipinski definition) is 2. The third-order valence-electron chi connectivity index (χ3n) is 3.34. The van der Waals surface area contributed by atoms with Crippen LogP contribution in [0.25, 0.3) is 0 Å². The van der Waals surface area contributed by atoms with E-state index >= 15 is 0 Å². The zero-order chi connectivity index (χ0) is 14.5. The van der Waals surface area contributed by atoms with Crippen LogP contribution in [-0.2, 0) is 0 Å². The second kappa shape index (κ2) is 6.47. The Morgan fingerprint density at radius 2 is 1.20 bits per heavy atom. The lowest BCUT2D eigenvalue weighted by atomic mass is 10.1. The van der Waals surface area contributed by atoms with Crippen LogP contribution >= 0.6 is 0 Å². The van der Waals surface area contributed by atoms with E-state index in [-0.39, 0.29) is 0 Å². The Hall–Kier alpha value is -1.96. The fourth-order valence-electron chi connectivity index (χ4n) is 2.60. The first-order valence-corrected chi connectivity index (χ1v) is 7.28. The van der Waals surface area contributed by atoms with Gasteiger partial charge in [0, 0.05) is 29.1 Å². The van der Waals surface area contributed by atoms with E-state index in [2.05, 4.69) is 74.3 Å². The first-order valence-electron chi connectivity index (χ1n) is 7.28. The summed E-state index contributed by atoms with van der Waals surface area (Å²) in [5, 5.41) is 3.41. The van der Waals surface area contributed by atoms with E-state index < -0.39 is 0 Å². The van der Waals surface area contributed by atoms with Gasteiger partial charge in [-0.1, -0.05) is 18.2 Å². The van der Waals surface area contributed by atoms with Crippen LogP contribution in [0.15, 0.2) is 54.6 Å². The van der Waals surface area contributed by atoms with Gasteiger partial charge in [0.05, 0.1) is 0 Å². The number of nitrogens with zero attached hydrogens (tertiary/aromatic N) is 1. The Kier molecular flexibility index (Phi) is 4.67. The van der Waals surface area contributed by atoms with Crippen molar-refractivity contribution >= 4 is 17.1 Å². The molecule has 0 bridgehead atoms. The molecule has 0 fully saturated rings. The Morgan fingerprint density at radius 1 is 0.700 bits per heavy atom. The second-order valence-electron chi connectivity index (χ2n) is 5.63. The molecule has 0 heterocycles. The summed E-state index contributed by atoms with van der Waals surface area (Å²) >= 11 is 0. The number of nitrogens with one attached hydrogen (secondary N) is 1. The molecule has 0 spiro atoms. The molecule has 0 saturated carbocycles. The molecule has 0 aliphatic carbocycles. The van der Waals surface area contributed by atoms with Crippen LogP contribution in [0.3, 0.4) is 0 Å². The van der Waals surface area contributed by atoms with E-state index in [9.17, 15) is 0 Å². The summed E-state index contributed by atoms with van der Waals surface area (Å²) < 4.78 is 0. The van der Waals surface area contributed by atoms with Crippen molar-refractivity contribution < 1.29 is 0 Å². The number of para-hydroxylation sites is 1. The molecule has 0 aliphatic heterocycles. The molecule has 2 nitrogen and oxygen atoms in total. The molecule has 2 rings (SSSR count). The van der Waals surface area contributed by atoms with Crippen molar-refractivity contribution in [1.82, 2.24) is 0 Å². The Morgan fingerprint density at radius 3 is 1.70 bits per heavy atom. The molecule has 0 atom stereocenters. The maximum absolute atomic E-state index is 3.41. The van der Waals surface area contributed by atoms with Gasteiger partial charge < -0.3 is 10.2 Å². The van der Waals surface area contributed by atoms with E-state index in [0.29, 0.717) is 12.1 Å². The van der Waals surface area contributed by atoms with Gasteiger partial charge >= 0.3 is 0 Å². The highest BCUT2D eigenvalue weighted by molar-refractivity contribution is 5.63. The van der Waals surface area contributed by atoms with Crippen molar-refractivity contribution in [3.63, 3.8) is 0 Å². The van der Waals surface area contributed by atoms with Crippen LogP contribution in [-0.4, -0.2) is 12.1 Å². The molecular weight excluding hydrogens is 244 g/mol. The molecule has 0 aromatic heterocycles. The quantitative estimate of drug-likeness (QED) is 0.816. The van der Waals surface area contributed by atoms with E-state index in [1.54, 1.807) is 0 Å². The van der Waals surface area contributed by atoms with E-state index in [4.69, 9.17) is 0 Å². The largest absolute Gasteiger partial charge is 0.367 e. The van der Waals surface area contributed by atoms with Crippen LogP contribution in [0.5, 0.6) is 0 Å². The summed E-state index contributed by atoms with van der Waals surface area (Å²) in [6.07, 6.45) is 0. The fourth-order valence-corrected chi connectivity index (χ4v) is 2.60. The topological polar surface area (TPSA) is 15.3 Å². The Labute approximate surface area is 122 Å². The van der Waals surface area contributed by atoms with Crippen molar-refractivity contribution in [2.24, 2.45) is 0 Å². The number of hydrogen-bond donors (Lipinski definition) is 1. The van der Waals surface area contributed by atoms with Gasteiger partial charge in [-0.3, -0.25) is 0 Å². The fraction of sp³-hybridized carbons (Fsp3) is 0.333. The summed E-state index contributed by atoms with van der Waals surface area (Å²) in [6.45, 7) is 8.93. The number of anilines is 3. The average Bonchev–Trinajstić information content (AvgIpc) is 2.41. The molecule has 106 valence electrons. The van der Waals surface area contributed by atoms with E-state index in [1.165, 1.54) is 5.69 Å². The van der Waals surface area contributed by atoms with Crippen molar-refractivity contribution in [2.75, 3.05) is 10.2 Å². The molecule has 2 aromatic rings. The highest BCUT2D eigenvalue weighted by atomic mass is 15.2. The molecule has 1 N–H and O–H groups in total. The lowest BCUT2D eigenvalue weighted by Crippen LogP contribution is -2.36. The Balaban J connectivity index is 2.13. The third-order valence-corrected chi connectivity index (χ3v) is 3.34. The van der Waals surface area contributed by atoms with Gasteiger partial charge in [0.2, 0.25) is 0 Å². The lowest BCUT2D eigenvalue weighted by molar-refractivity contribution is 0.608. The summed E-state index contributed by atoms with van der Waals surface area (Å²) in [5.74, 6) is 0. The van der Waals surface area contributed by atoms with Crippen LogP contribution < -0.4 is 10.2 Å². The Bertz CT molecular complexity index is 507. The van der Waals surface area contributed by atoms with Crippen molar-refractivity contribution in [3.05, 3.63) is 54.6 Å². The minimum absolute atomic E-state index is 0.503. The highest BCUT2D eigenvalue weighted by Gasteiger charge is 2.13. The monoisotopic (exact) mass is 268 g/mol. The zero-order valence-electron chi connectivity index (χ0n) is 12.8. The zero-order valence-corrected chi connectivity index (χ0v) is 12.8. The SMILES string of the molecule is CC(C)N(c1ccc(Nc2ccccc2)cc1)C(C)C. The number of benzene rings is 2. The first kappa shape index (κ1) is 14.4. The van der Waals surface area contributed by atoms with Crippen molar-refractivity contribution in [1.29, 1.82) is 0 Å². The lowest BCUT2D eigenvalue weighted by Gasteiger charge is -2.33. The molecule has 2 heteroatoms. The van der Waals surface area contributed by atoms with Crippen LogP contribution in [0.4, 0.5) is 17.1 Å². The average molecular weight is 268 g/mol.